The molecule has 0 bridgehead atoms. The normalized spacial score (nSPS) is 10.8. The van der Waals surface area contributed by atoms with E-state index in [-0.39, 0.29) is 0 Å². The summed E-state index contributed by atoms with van der Waals surface area (Å²) in [6.45, 7) is 4.39. The fraction of sp³-hybridized carbons (Fsp3) is 0.778. The summed E-state index contributed by atoms with van der Waals surface area (Å²) >= 11 is 5.12. The van der Waals surface area contributed by atoms with Crippen molar-refractivity contribution >= 4 is 34.9 Å². The van der Waals surface area contributed by atoms with Gasteiger partial charge >= 0.3 is 0 Å². The summed E-state index contributed by atoms with van der Waals surface area (Å²) in [6.07, 6.45) is 4.55. The Morgan fingerprint density at radius 1 is 1.27 bits per heavy atom. The monoisotopic (exact) mass is 263 g/mol. The highest BCUT2D eigenvalue weighted by Gasteiger charge is 2.02. The van der Waals surface area contributed by atoms with Gasteiger partial charge in [-0.3, -0.25) is 0 Å². The number of rotatable bonds is 8. The summed E-state index contributed by atoms with van der Waals surface area (Å²) in [6, 6.07) is 0. The molecule has 0 spiro atoms. The van der Waals surface area contributed by atoms with Gasteiger partial charge in [-0.25, -0.2) is 0 Å². The molecular formula is C9H17N3S3. The Morgan fingerprint density at radius 3 is 2.73 bits per heavy atom. The molecule has 1 heterocycles. The zero-order valence-corrected chi connectivity index (χ0v) is 11.6. The van der Waals surface area contributed by atoms with Gasteiger partial charge in [0.25, 0.3) is 0 Å². The molecule has 86 valence electrons. The Hall–Kier alpha value is 0.220. The molecule has 6 heteroatoms. The third-order valence-electron chi connectivity index (χ3n) is 1.77. The molecule has 0 fully saturated rings. The van der Waals surface area contributed by atoms with Crippen LogP contribution in [0.3, 0.4) is 0 Å². The molecule has 15 heavy (non-hydrogen) atoms. The van der Waals surface area contributed by atoms with Crippen LogP contribution in [0.4, 0.5) is 0 Å². The number of nitrogens with one attached hydrogen (secondary N) is 1. The van der Waals surface area contributed by atoms with E-state index < -0.39 is 0 Å². The standard InChI is InChI=1S/C9H17N3S3/c1-3-4-5-10-6-7-14-9-12-11-8(13-2)15-9/h10H,3-7H2,1-2H3. The quantitative estimate of drug-likeness (QED) is 0.576. The maximum atomic E-state index is 4.10. The minimum atomic E-state index is 1.05. The van der Waals surface area contributed by atoms with Gasteiger partial charge in [-0.15, -0.1) is 10.2 Å². The van der Waals surface area contributed by atoms with Gasteiger partial charge in [0.15, 0.2) is 8.68 Å². The van der Waals surface area contributed by atoms with Crippen LogP contribution in [0.2, 0.25) is 0 Å². The van der Waals surface area contributed by atoms with Gasteiger partial charge in [0.2, 0.25) is 0 Å². The Morgan fingerprint density at radius 2 is 2.07 bits per heavy atom. The maximum Gasteiger partial charge on any atom is 0.175 e. The van der Waals surface area contributed by atoms with Crippen molar-refractivity contribution in [3.05, 3.63) is 0 Å². The van der Waals surface area contributed by atoms with Crippen LogP contribution in [0.1, 0.15) is 19.8 Å². The molecule has 0 radical (unpaired) electrons. The summed E-state index contributed by atoms with van der Waals surface area (Å²) < 4.78 is 2.13. The van der Waals surface area contributed by atoms with Crippen LogP contribution < -0.4 is 5.32 Å². The smallest absolute Gasteiger partial charge is 0.175 e. The molecule has 0 atom stereocenters. The van der Waals surface area contributed by atoms with Crippen molar-refractivity contribution < 1.29 is 0 Å². The molecule has 0 saturated carbocycles. The number of hydrogen-bond donors (Lipinski definition) is 1. The van der Waals surface area contributed by atoms with Crippen molar-refractivity contribution in [3.8, 4) is 0 Å². The lowest BCUT2D eigenvalue weighted by molar-refractivity contribution is 0.666. The largest absolute Gasteiger partial charge is 0.316 e. The van der Waals surface area contributed by atoms with Crippen LogP contribution in [0.5, 0.6) is 0 Å². The summed E-state index contributed by atoms with van der Waals surface area (Å²) in [4.78, 5) is 0. The first kappa shape index (κ1) is 13.3. The minimum absolute atomic E-state index is 1.05. The Bertz CT molecular complexity index is 265. The van der Waals surface area contributed by atoms with E-state index in [1.54, 1.807) is 34.9 Å². The van der Waals surface area contributed by atoms with E-state index in [9.17, 15) is 0 Å². The van der Waals surface area contributed by atoms with Crippen molar-refractivity contribution in [1.29, 1.82) is 0 Å². The first-order valence-corrected chi connectivity index (χ1v) is 8.10. The highest BCUT2D eigenvalue weighted by molar-refractivity contribution is 8.02. The van der Waals surface area contributed by atoms with Crippen molar-refractivity contribution in [1.82, 2.24) is 15.5 Å². The van der Waals surface area contributed by atoms with Gasteiger partial charge < -0.3 is 5.32 Å². The zero-order valence-electron chi connectivity index (χ0n) is 9.15. The predicted molar refractivity (Wildman–Crippen MR) is 70.2 cm³/mol. The number of thioether (sulfide) groups is 2. The molecule has 0 unspecified atom stereocenters. The predicted octanol–water partition coefficient (Wildman–Crippen LogP) is 2.74. The highest BCUT2D eigenvalue weighted by atomic mass is 32.2. The molecule has 1 aromatic heterocycles. The Balaban J connectivity index is 2.04. The second-order valence-corrected chi connectivity index (χ2v) is 6.36. The molecule has 0 amide bonds. The van der Waals surface area contributed by atoms with Crippen molar-refractivity contribution in [2.24, 2.45) is 0 Å². The van der Waals surface area contributed by atoms with E-state index in [1.807, 2.05) is 6.26 Å². The Kier molecular flexibility index (Phi) is 7.42. The lowest BCUT2D eigenvalue weighted by Gasteiger charge is -2.00. The first-order valence-electron chi connectivity index (χ1n) is 5.07. The molecule has 1 rings (SSSR count). The topological polar surface area (TPSA) is 37.8 Å². The fourth-order valence-corrected chi connectivity index (χ4v) is 3.38. The van der Waals surface area contributed by atoms with E-state index in [0.29, 0.717) is 0 Å². The van der Waals surface area contributed by atoms with Gasteiger partial charge in [-0.05, 0) is 19.2 Å². The molecule has 0 aromatic carbocycles. The molecule has 1 N–H and O–H groups in total. The Labute approximate surface area is 104 Å². The van der Waals surface area contributed by atoms with Crippen molar-refractivity contribution in [2.75, 3.05) is 25.1 Å². The van der Waals surface area contributed by atoms with Gasteiger partial charge in [-0.2, -0.15) is 0 Å². The minimum Gasteiger partial charge on any atom is -0.316 e. The fourth-order valence-electron chi connectivity index (χ4n) is 0.975. The molecule has 1 aromatic rings. The zero-order chi connectivity index (χ0) is 10.9. The van der Waals surface area contributed by atoms with E-state index in [0.717, 1.165) is 27.5 Å². The van der Waals surface area contributed by atoms with E-state index >= 15 is 0 Å². The van der Waals surface area contributed by atoms with Gasteiger partial charge in [0.1, 0.15) is 0 Å². The van der Waals surface area contributed by atoms with Crippen molar-refractivity contribution in [3.63, 3.8) is 0 Å². The van der Waals surface area contributed by atoms with Gasteiger partial charge in [-0.1, -0.05) is 48.2 Å². The number of hydrogen-bond acceptors (Lipinski definition) is 6. The lowest BCUT2D eigenvalue weighted by atomic mass is 10.3. The average Bonchev–Trinajstić information content (AvgIpc) is 2.71. The van der Waals surface area contributed by atoms with Crippen LogP contribution in [-0.4, -0.2) is 35.3 Å². The molecule has 0 aliphatic carbocycles. The SMILES string of the molecule is CCCCNCCSc1nnc(SC)s1. The van der Waals surface area contributed by atoms with Crippen LogP contribution in [0, 0.1) is 0 Å². The van der Waals surface area contributed by atoms with Gasteiger partial charge in [0, 0.05) is 12.3 Å². The highest BCUT2D eigenvalue weighted by Crippen LogP contribution is 2.26. The lowest BCUT2D eigenvalue weighted by Crippen LogP contribution is -2.18. The molecular weight excluding hydrogens is 246 g/mol. The summed E-state index contributed by atoms with van der Waals surface area (Å²) in [5.74, 6) is 1.08. The van der Waals surface area contributed by atoms with Crippen LogP contribution in [0.15, 0.2) is 8.68 Å². The molecule has 0 aliphatic rings. The van der Waals surface area contributed by atoms with Crippen LogP contribution in [-0.2, 0) is 0 Å². The summed E-state index contributed by atoms with van der Waals surface area (Å²) in [5, 5.41) is 11.6. The second kappa shape index (κ2) is 8.38. The van der Waals surface area contributed by atoms with E-state index in [1.165, 1.54) is 12.8 Å². The van der Waals surface area contributed by atoms with Crippen LogP contribution >= 0.6 is 34.9 Å². The average molecular weight is 263 g/mol. The third kappa shape index (κ3) is 5.75. The first-order chi connectivity index (χ1) is 7.36. The van der Waals surface area contributed by atoms with Crippen LogP contribution in [0.25, 0.3) is 0 Å². The molecule has 3 nitrogen and oxygen atoms in total. The maximum absolute atomic E-state index is 4.10. The summed E-state index contributed by atoms with van der Waals surface area (Å²) in [5.41, 5.74) is 0. The van der Waals surface area contributed by atoms with E-state index in [4.69, 9.17) is 0 Å². The molecule has 0 aliphatic heterocycles. The number of aromatic nitrogens is 2. The van der Waals surface area contributed by atoms with E-state index in [2.05, 4.69) is 22.4 Å². The third-order valence-corrected chi connectivity index (χ3v) is 4.81. The number of unbranched alkanes of at least 4 members (excludes halogenated alkanes) is 1. The van der Waals surface area contributed by atoms with Crippen molar-refractivity contribution in [2.45, 2.75) is 28.4 Å². The van der Waals surface area contributed by atoms with Gasteiger partial charge in [0.05, 0.1) is 0 Å². The second-order valence-electron chi connectivity index (χ2n) is 2.99. The number of nitrogens with zero attached hydrogens (tertiary/aromatic N) is 2. The molecule has 0 saturated heterocycles. The summed E-state index contributed by atoms with van der Waals surface area (Å²) in [7, 11) is 0.